The number of hydrogen-bond acceptors (Lipinski definition) is 4. The molecule has 1 saturated heterocycles. The van der Waals surface area contributed by atoms with E-state index in [0.717, 1.165) is 6.07 Å². The molecule has 1 fully saturated rings. The highest BCUT2D eigenvalue weighted by atomic mass is 79.9. The minimum Gasteiger partial charge on any atom is -0.381 e. The molecule has 0 amide bonds. The molecule has 1 aliphatic rings. The second-order valence-electron chi connectivity index (χ2n) is 4.84. The Kier molecular flexibility index (Phi) is 4.47. The standard InChI is InChI=1S/C13H13BrFNO3S/c14-10-1-2-12(11(15)7-10)20(17,18)9-13(8-16)3-5-19-6-4-13/h1-2,7H,3-6,9H2. The predicted octanol–water partition coefficient (Wildman–Crippen LogP) is 2.68. The van der Waals surface area contributed by atoms with E-state index in [9.17, 15) is 18.1 Å². The second-order valence-corrected chi connectivity index (χ2v) is 7.71. The molecule has 1 aliphatic heterocycles. The van der Waals surface area contributed by atoms with Crippen molar-refractivity contribution < 1.29 is 17.5 Å². The van der Waals surface area contributed by atoms with Crippen molar-refractivity contribution in [3.8, 4) is 6.07 Å². The third-order valence-electron chi connectivity index (χ3n) is 3.38. The first-order chi connectivity index (χ1) is 9.38. The van der Waals surface area contributed by atoms with E-state index in [1.54, 1.807) is 0 Å². The maximum absolute atomic E-state index is 13.8. The largest absolute Gasteiger partial charge is 0.381 e. The highest BCUT2D eigenvalue weighted by molar-refractivity contribution is 9.10. The Morgan fingerprint density at radius 2 is 2.05 bits per heavy atom. The predicted molar refractivity (Wildman–Crippen MR) is 74.3 cm³/mol. The number of nitrogens with zero attached hydrogens (tertiary/aromatic N) is 1. The van der Waals surface area contributed by atoms with Gasteiger partial charge in [-0.25, -0.2) is 12.8 Å². The van der Waals surface area contributed by atoms with Gasteiger partial charge in [0.15, 0.2) is 9.84 Å². The van der Waals surface area contributed by atoms with Crippen LogP contribution in [0, 0.1) is 22.6 Å². The van der Waals surface area contributed by atoms with E-state index >= 15 is 0 Å². The minimum absolute atomic E-state index is 0.348. The van der Waals surface area contributed by atoms with Gasteiger partial charge in [-0.3, -0.25) is 0 Å². The first kappa shape index (κ1) is 15.4. The minimum atomic E-state index is -3.85. The van der Waals surface area contributed by atoms with Gasteiger partial charge >= 0.3 is 0 Å². The molecule has 108 valence electrons. The topological polar surface area (TPSA) is 67.2 Å². The Morgan fingerprint density at radius 1 is 1.40 bits per heavy atom. The summed E-state index contributed by atoms with van der Waals surface area (Å²) in [4.78, 5) is -0.359. The molecule has 20 heavy (non-hydrogen) atoms. The van der Waals surface area contributed by atoms with Gasteiger partial charge in [-0.05, 0) is 31.0 Å². The molecule has 0 aromatic heterocycles. The first-order valence-corrected chi connectivity index (χ1v) is 8.50. The zero-order valence-corrected chi connectivity index (χ0v) is 13.0. The third kappa shape index (κ3) is 3.19. The molecule has 0 aliphatic carbocycles. The van der Waals surface area contributed by atoms with E-state index < -0.39 is 21.1 Å². The lowest BCUT2D eigenvalue weighted by Crippen LogP contribution is -2.35. The van der Waals surface area contributed by atoms with Crippen LogP contribution in [-0.2, 0) is 14.6 Å². The number of nitriles is 1. The van der Waals surface area contributed by atoms with Crippen LogP contribution in [0.4, 0.5) is 4.39 Å². The Balaban J connectivity index is 2.33. The quantitative estimate of drug-likeness (QED) is 0.829. The van der Waals surface area contributed by atoms with Gasteiger partial charge in [0, 0.05) is 17.7 Å². The molecular formula is C13H13BrFNO3S. The SMILES string of the molecule is N#CC1(CS(=O)(=O)c2ccc(Br)cc2F)CCOCC1. The maximum Gasteiger partial charge on any atom is 0.182 e. The fourth-order valence-electron chi connectivity index (χ4n) is 2.22. The van der Waals surface area contributed by atoms with Crippen molar-refractivity contribution in [1.82, 2.24) is 0 Å². The van der Waals surface area contributed by atoms with Crippen LogP contribution in [-0.4, -0.2) is 27.4 Å². The highest BCUT2D eigenvalue weighted by Gasteiger charge is 2.38. The van der Waals surface area contributed by atoms with Gasteiger partial charge in [-0.2, -0.15) is 5.26 Å². The number of ether oxygens (including phenoxy) is 1. The molecule has 1 aromatic rings. The van der Waals surface area contributed by atoms with Crippen LogP contribution in [0.2, 0.25) is 0 Å². The van der Waals surface area contributed by atoms with Crippen LogP contribution in [0.1, 0.15) is 12.8 Å². The number of benzene rings is 1. The van der Waals surface area contributed by atoms with E-state index in [4.69, 9.17) is 4.74 Å². The second kappa shape index (κ2) is 5.80. The van der Waals surface area contributed by atoms with Crippen LogP contribution in [0.25, 0.3) is 0 Å². The summed E-state index contributed by atoms with van der Waals surface area (Å²) in [6.45, 7) is 0.706. The molecule has 7 heteroatoms. The lowest BCUT2D eigenvalue weighted by molar-refractivity contribution is 0.0490. The van der Waals surface area contributed by atoms with Crippen LogP contribution in [0.15, 0.2) is 27.6 Å². The van der Waals surface area contributed by atoms with E-state index in [1.165, 1.54) is 12.1 Å². The van der Waals surface area contributed by atoms with E-state index in [0.29, 0.717) is 30.5 Å². The van der Waals surface area contributed by atoms with Crippen LogP contribution in [0.3, 0.4) is 0 Å². The molecule has 4 nitrogen and oxygen atoms in total. The molecular weight excluding hydrogens is 349 g/mol. The molecule has 0 unspecified atom stereocenters. The third-order valence-corrected chi connectivity index (χ3v) is 5.81. The highest BCUT2D eigenvalue weighted by Crippen LogP contribution is 2.34. The maximum atomic E-state index is 13.8. The van der Waals surface area contributed by atoms with Crippen molar-refractivity contribution in [2.45, 2.75) is 17.7 Å². The normalized spacial score (nSPS) is 18.4. The Morgan fingerprint density at radius 3 is 2.60 bits per heavy atom. The van der Waals surface area contributed by atoms with Gasteiger partial charge < -0.3 is 4.74 Å². The number of hydrogen-bond donors (Lipinski definition) is 0. The fourth-order valence-corrected chi connectivity index (χ4v) is 4.42. The van der Waals surface area contributed by atoms with Gasteiger partial charge in [0.1, 0.15) is 10.7 Å². The Labute approximate surface area is 125 Å². The average molecular weight is 362 g/mol. The van der Waals surface area contributed by atoms with Crippen molar-refractivity contribution >= 4 is 25.8 Å². The monoisotopic (exact) mass is 361 g/mol. The lowest BCUT2D eigenvalue weighted by Gasteiger charge is -2.30. The van der Waals surface area contributed by atoms with Gasteiger partial charge in [0.05, 0.1) is 17.2 Å². The molecule has 0 N–H and O–H groups in total. The summed E-state index contributed by atoms with van der Waals surface area (Å²) in [5.41, 5.74) is -0.989. The number of rotatable bonds is 3. The molecule has 1 aromatic carbocycles. The van der Waals surface area contributed by atoms with Crippen molar-refractivity contribution in [3.05, 3.63) is 28.5 Å². The van der Waals surface area contributed by atoms with Gasteiger partial charge in [-0.1, -0.05) is 15.9 Å². The zero-order chi connectivity index (χ0) is 14.8. The molecule has 2 rings (SSSR count). The average Bonchev–Trinajstić information content (AvgIpc) is 2.38. The van der Waals surface area contributed by atoms with Crippen molar-refractivity contribution in [2.24, 2.45) is 5.41 Å². The molecule has 0 atom stereocenters. The summed E-state index contributed by atoms with van der Waals surface area (Å²) in [6, 6.07) is 5.88. The summed E-state index contributed by atoms with van der Waals surface area (Å²) >= 11 is 3.08. The molecule has 0 radical (unpaired) electrons. The van der Waals surface area contributed by atoms with Crippen molar-refractivity contribution in [2.75, 3.05) is 19.0 Å². The Bertz CT molecular complexity index is 648. The summed E-state index contributed by atoms with van der Waals surface area (Å²) in [6.07, 6.45) is 0.696. The molecule has 0 saturated carbocycles. The summed E-state index contributed by atoms with van der Waals surface area (Å²) < 4.78 is 44.1. The van der Waals surface area contributed by atoms with E-state index in [-0.39, 0.29) is 10.6 Å². The van der Waals surface area contributed by atoms with Crippen molar-refractivity contribution in [1.29, 1.82) is 5.26 Å². The first-order valence-electron chi connectivity index (χ1n) is 6.05. The van der Waals surface area contributed by atoms with Crippen molar-refractivity contribution in [3.63, 3.8) is 0 Å². The zero-order valence-electron chi connectivity index (χ0n) is 10.6. The molecule has 1 heterocycles. The smallest absolute Gasteiger partial charge is 0.182 e. The molecule has 0 bridgehead atoms. The number of halogens is 2. The summed E-state index contributed by atoms with van der Waals surface area (Å²) in [5, 5.41) is 9.29. The van der Waals surface area contributed by atoms with Crippen LogP contribution < -0.4 is 0 Å². The number of sulfone groups is 1. The fraction of sp³-hybridized carbons (Fsp3) is 0.462. The molecule has 0 spiro atoms. The van der Waals surface area contributed by atoms with Crippen LogP contribution in [0.5, 0.6) is 0 Å². The lowest BCUT2D eigenvalue weighted by atomic mass is 9.84. The summed E-state index contributed by atoms with van der Waals surface area (Å²) in [5.74, 6) is -1.18. The summed E-state index contributed by atoms with van der Waals surface area (Å²) in [7, 11) is -3.85. The van der Waals surface area contributed by atoms with Gasteiger partial charge in [0.2, 0.25) is 0 Å². The van der Waals surface area contributed by atoms with Gasteiger partial charge in [-0.15, -0.1) is 0 Å². The van der Waals surface area contributed by atoms with E-state index in [2.05, 4.69) is 22.0 Å². The van der Waals surface area contributed by atoms with Crippen LogP contribution >= 0.6 is 15.9 Å². The van der Waals surface area contributed by atoms with E-state index in [1.807, 2.05) is 0 Å². The Hall–Kier alpha value is -0.970. The van der Waals surface area contributed by atoms with Gasteiger partial charge in [0.25, 0.3) is 0 Å².